The van der Waals surface area contributed by atoms with E-state index in [0.29, 0.717) is 17.8 Å². The monoisotopic (exact) mass is 356 g/mol. The molecule has 8 nitrogen and oxygen atoms in total. The first kappa shape index (κ1) is 18.0. The highest BCUT2D eigenvalue weighted by Crippen LogP contribution is 2.16. The molecule has 3 heterocycles. The van der Waals surface area contributed by atoms with Gasteiger partial charge in [0.1, 0.15) is 6.04 Å². The molecule has 0 spiro atoms. The molecule has 138 valence electrons. The van der Waals surface area contributed by atoms with Gasteiger partial charge in [-0.05, 0) is 31.9 Å². The summed E-state index contributed by atoms with van der Waals surface area (Å²) in [6.07, 6.45) is 2.13. The summed E-state index contributed by atoms with van der Waals surface area (Å²) in [4.78, 5) is 30.6. The summed E-state index contributed by atoms with van der Waals surface area (Å²) in [6, 6.07) is 4.86. The molecule has 0 aliphatic carbocycles. The summed E-state index contributed by atoms with van der Waals surface area (Å²) in [5.74, 6) is 0.0280. The molecule has 1 saturated heterocycles. The van der Waals surface area contributed by atoms with Crippen LogP contribution in [0.15, 0.2) is 24.4 Å². The van der Waals surface area contributed by atoms with E-state index in [-0.39, 0.29) is 24.4 Å². The zero-order valence-electron chi connectivity index (χ0n) is 15.5. The van der Waals surface area contributed by atoms with E-state index in [1.54, 1.807) is 10.9 Å². The van der Waals surface area contributed by atoms with Crippen molar-refractivity contribution in [2.24, 2.45) is 0 Å². The van der Waals surface area contributed by atoms with Gasteiger partial charge < -0.3 is 5.32 Å². The quantitative estimate of drug-likeness (QED) is 0.800. The molecule has 0 radical (unpaired) electrons. The Morgan fingerprint density at radius 2 is 1.92 bits per heavy atom. The molecule has 3 rings (SSSR count). The second-order valence-electron chi connectivity index (χ2n) is 7.12. The van der Waals surface area contributed by atoms with E-state index in [4.69, 9.17) is 0 Å². The molecule has 1 atom stereocenters. The van der Waals surface area contributed by atoms with Crippen LogP contribution in [-0.4, -0.2) is 42.9 Å². The van der Waals surface area contributed by atoms with E-state index in [1.807, 2.05) is 32.0 Å². The Hall–Kier alpha value is -2.77. The van der Waals surface area contributed by atoms with E-state index in [2.05, 4.69) is 34.5 Å². The Morgan fingerprint density at radius 1 is 1.15 bits per heavy atom. The van der Waals surface area contributed by atoms with Crippen LogP contribution in [0.2, 0.25) is 0 Å². The number of hydrogen-bond acceptors (Lipinski definition) is 5. The number of urea groups is 1. The van der Waals surface area contributed by atoms with Crippen LogP contribution in [0.3, 0.4) is 0 Å². The molecule has 3 amide bonds. The van der Waals surface area contributed by atoms with Crippen molar-refractivity contribution in [1.29, 1.82) is 0 Å². The molecular formula is C18H24N6O2. The summed E-state index contributed by atoms with van der Waals surface area (Å²) in [5.41, 5.74) is 2.32. The summed E-state index contributed by atoms with van der Waals surface area (Å²) < 4.78 is 1.73. The number of pyridine rings is 1. The topological polar surface area (TPSA) is 93.0 Å². The van der Waals surface area contributed by atoms with E-state index >= 15 is 0 Å². The molecule has 1 aliphatic rings. The van der Waals surface area contributed by atoms with Crippen molar-refractivity contribution in [1.82, 2.24) is 30.2 Å². The van der Waals surface area contributed by atoms with Gasteiger partial charge in [-0.2, -0.15) is 0 Å². The molecule has 2 aromatic heterocycles. The standard InChI is InChI=1S/C18H24N6O2/c1-11(2)15-7-5-6-13(19-15)9-23-17(25)16(20-18(23)26)8-14-10-24(12(3)4)22-21-14/h5-7,10-12,16H,8-9H2,1-4H3,(H,20,26)/t16-/m1/s1. The van der Waals surface area contributed by atoms with Crippen LogP contribution in [0.5, 0.6) is 0 Å². The van der Waals surface area contributed by atoms with Gasteiger partial charge in [-0.25, -0.2) is 9.48 Å². The van der Waals surface area contributed by atoms with Crippen molar-refractivity contribution in [2.45, 2.75) is 58.7 Å². The molecule has 0 bridgehead atoms. The molecule has 0 saturated carbocycles. The van der Waals surface area contributed by atoms with Crippen molar-refractivity contribution in [3.8, 4) is 0 Å². The predicted molar refractivity (Wildman–Crippen MR) is 95.3 cm³/mol. The summed E-state index contributed by atoms with van der Waals surface area (Å²) >= 11 is 0. The van der Waals surface area contributed by atoms with E-state index in [9.17, 15) is 9.59 Å². The highest BCUT2D eigenvalue weighted by atomic mass is 16.2. The zero-order valence-corrected chi connectivity index (χ0v) is 15.5. The van der Waals surface area contributed by atoms with Crippen molar-refractivity contribution < 1.29 is 9.59 Å². The predicted octanol–water partition coefficient (Wildman–Crippen LogP) is 2.04. The molecule has 0 unspecified atom stereocenters. The van der Waals surface area contributed by atoms with Gasteiger partial charge >= 0.3 is 6.03 Å². The maximum atomic E-state index is 12.6. The lowest BCUT2D eigenvalue weighted by molar-refractivity contribution is -0.127. The van der Waals surface area contributed by atoms with Crippen molar-refractivity contribution in [3.05, 3.63) is 41.5 Å². The Kier molecular flexibility index (Phi) is 5.01. The second-order valence-corrected chi connectivity index (χ2v) is 7.12. The molecule has 1 fully saturated rings. The number of amides is 3. The Morgan fingerprint density at radius 3 is 2.58 bits per heavy atom. The van der Waals surface area contributed by atoms with Crippen LogP contribution in [0.25, 0.3) is 0 Å². The zero-order chi connectivity index (χ0) is 18.8. The smallest absolute Gasteiger partial charge is 0.325 e. The Balaban J connectivity index is 1.69. The lowest BCUT2D eigenvalue weighted by atomic mass is 10.1. The number of rotatable bonds is 6. The number of carbonyl (C=O) groups excluding carboxylic acids is 2. The molecule has 1 N–H and O–H groups in total. The van der Waals surface area contributed by atoms with Crippen molar-refractivity contribution in [3.63, 3.8) is 0 Å². The average molecular weight is 356 g/mol. The summed E-state index contributed by atoms with van der Waals surface area (Å²) in [7, 11) is 0. The maximum Gasteiger partial charge on any atom is 0.325 e. The minimum absolute atomic E-state index is 0.167. The van der Waals surface area contributed by atoms with E-state index in [1.165, 1.54) is 4.90 Å². The van der Waals surface area contributed by atoms with Gasteiger partial charge in [-0.15, -0.1) is 5.10 Å². The maximum absolute atomic E-state index is 12.6. The molecular weight excluding hydrogens is 332 g/mol. The minimum atomic E-state index is -0.618. The first-order valence-electron chi connectivity index (χ1n) is 8.83. The fourth-order valence-corrected chi connectivity index (χ4v) is 2.80. The number of imide groups is 1. The minimum Gasteiger partial charge on any atom is -0.325 e. The highest BCUT2D eigenvalue weighted by Gasteiger charge is 2.38. The number of hydrogen-bond donors (Lipinski definition) is 1. The largest absolute Gasteiger partial charge is 0.325 e. The molecule has 2 aromatic rings. The third-order valence-corrected chi connectivity index (χ3v) is 4.35. The Bertz CT molecular complexity index is 814. The van der Waals surface area contributed by atoms with Gasteiger partial charge in [-0.1, -0.05) is 25.1 Å². The fourth-order valence-electron chi connectivity index (χ4n) is 2.80. The van der Waals surface area contributed by atoms with Gasteiger partial charge in [0.15, 0.2) is 0 Å². The average Bonchev–Trinajstić information content (AvgIpc) is 3.16. The number of nitrogens with one attached hydrogen (secondary N) is 1. The van der Waals surface area contributed by atoms with Crippen LogP contribution in [0.4, 0.5) is 4.79 Å². The third-order valence-electron chi connectivity index (χ3n) is 4.35. The van der Waals surface area contributed by atoms with Crippen LogP contribution in [-0.2, 0) is 17.8 Å². The van der Waals surface area contributed by atoms with Crippen molar-refractivity contribution in [2.75, 3.05) is 0 Å². The lowest BCUT2D eigenvalue weighted by Crippen LogP contribution is -2.32. The molecule has 8 heteroatoms. The Labute approximate surface area is 152 Å². The van der Waals surface area contributed by atoms with Crippen LogP contribution in [0.1, 0.15) is 56.7 Å². The van der Waals surface area contributed by atoms with Crippen molar-refractivity contribution >= 4 is 11.9 Å². The number of carbonyl (C=O) groups is 2. The van der Waals surface area contributed by atoms with Crippen LogP contribution >= 0.6 is 0 Å². The van der Waals surface area contributed by atoms with Gasteiger partial charge in [-0.3, -0.25) is 14.7 Å². The van der Waals surface area contributed by atoms with Gasteiger partial charge in [0, 0.05) is 24.4 Å². The molecule has 0 aromatic carbocycles. The molecule has 1 aliphatic heterocycles. The van der Waals surface area contributed by atoms with Gasteiger partial charge in [0.2, 0.25) is 0 Å². The third kappa shape index (κ3) is 3.74. The summed E-state index contributed by atoms with van der Waals surface area (Å²) in [5, 5.41) is 10.8. The second kappa shape index (κ2) is 7.23. The fraction of sp³-hybridized carbons (Fsp3) is 0.500. The van der Waals surface area contributed by atoms with Crippen LogP contribution in [0, 0.1) is 0 Å². The van der Waals surface area contributed by atoms with E-state index in [0.717, 1.165) is 5.69 Å². The molecule has 26 heavy (non-hydrogen) atoms. The number of nitrogens with zero attached hydrogens (tertiary/aromatic N) is 5. The summed E-state index contributed by atoms with van der Waals surface area (Å²) in [6.45, 7) is 8.28. The highest BCUT2D eigenvalue weighted by molar-refractivity contribution is 6.04. The normalized spacial score (nSPS) is 17.5. The SMILES string of the molecule is CC(C)c1cccc(CN2C(=O)N[C@H](Cc3cn(C(C)C)nn3)C2=O)n1. The first-order chi connectivity index (χ1) is 12.3. The van der Waals surface area contributed by atoms with Crippen LogP contribution < -0.4 is 5.32 Å². The van der Waals surface area contributed by atoms with Gasteiger partial charge in [0.05, 0.1) is 17.9 Å². The number of aromatic nitrogens is 4. The first-order valence-corrected chi connectivity index (χ1v) is 8.83. The van der Waals surface area contributed by atoms with E-state index < -0.39 is 12.1 Å². The lowest BCUT2D eigenvalue weighted by Gasteiger charge is -2.13. The van der Waals surface area contributed by atoms with Gasteiger partial charge in [0.25, 0.3) is 5.91 Å².